The average Bonchev–Trinajstić information content (AvgIpc) is 3.21. The molecule has 2 aromatic heterocycles. The van der Waals surface area contributed by atoms with Crippen LogP contribution in [0.5, 0.6) is 17.2 Å². The highest BCUT2D eigenvalue weighted by atomic mass is 16.5. The Bertz CT molecular complexity index is 1140. The highest BCUT2D eigenvalue weighted by Crippen LogP contribution is 2.33. The Hall–Kier alpha value is -3.54. The minimum atomic E-state index is 0.615. The molecule has 4 aromatic rings. The van der Waals surface area contributed by atoms with Gasteiger partial charge in [-0.1, -0.05) is 26.0 Å². The summed E-state index contributed by atoms with van der Waals surface area (Å²) in [5, 5.41) is 3.39. The molecule has 0 aliphatic heterocycles. The number of hydrogen-bond donors (Lipinski definition) is 2. The van der Waals surface area contributed by atoms with Crippen LogP contribution in [0.25, 0.3) is 11.0 Å². The molecule has 0 bridgehead atoms. The van der Waals surface area contributed by atoms with E-state index in [2.05, 4.69) is 34.1 Å². The molecule has 2 heterocycles. The van der Waals surface area contributed by atoms with Gasteiger partial charge in [-0.2, -0.15) is 0 Å². The monoisotopic (exact) mass is 402 g/mol. The molecule has 0 fully saturated rings. The van der Waals surface area contributed by atoms with Crippen molar-refractivity contribution < 1.29 is 9.47 Å². The summed E-state index contributed by atoms with van der Waals surface area (Å²) in [5.41, 5.74) is 3.65. The lowest BCUT2D eigenvalue weighted by molar-refractivity contribution is 0.288. The number of ether oxygens (including phenoxy) is 2. The van der Waals surface area contributed by atoms with Gasteiger partial charge in [0.1, 0.15) is 29.1 Å². The Morgan fingerprint density at radius 3 is 2.73 bits per heavy atom. The van der Waals surface area contributed by atoms with Gasteiger partial charge in [0.15, 0.2) is 5.82 Å². The zero-order chi connectivity index (χ0) is 20.9. The Morgan fingerprint density at radius 2 is 1.87 bits per heavy atom. The number of anilines is 2. The molecule has 30 heavy (non-hydrogen) atoms. The summed E-state index contributed by atoms with van der Waals surface area (Å²) in [5.74, 6) is 3.67. The summed E-state index contributed by atoms with van der Waals surface area (Å²) in [6.45, 7) is 7.10. The molecule has 0 aliphatic carbocycles. The average molecular weight is 402 g/mol. The molecule has 0 amide bonds. The van der Waals surface area contributed by atoms with Crippen molar-refractivity contribution in [2.24, 2.45) is 5.92 Å². The summed E-state index contributed by atoms with van der Waals surface area (Å²) >= 11 is 0. The van der Waals surface area contributed by atoms with Crippen molar-refractivity contribution in [3.8, 4) is 17.2 Å². The topological polar surface area (TPSA) is 72.1 Å². The maximum absolute atomic E-state index is 6.17. The molecule has 0 atom stereocenters. The van der Waals surface area contributed by atoms with Crippen LogP contribution in [-0.2, 0) is 0 Å². The fourth-order valence-electron chi connectivity index (χ4n) is 3.12. The van der Waals surface area contributed by atoms with E-state index in [-0.39, 0.29) is 0 Å². The number of rotatable bonds is 8. The van der Waals surface area contributed by atoms with E-state index in [9.17, 15) is 0 Å². The van der Waals surface area contributed by atoms with Gasteiger partial charge in [0, 0.05) is 23.5 Å². The molecular formula is C24H26N4O2. The van der Waals surface area contributed by atoms with Crippen LogP contribution in [0, 0.1) is 12.8 Å². The van der Waals surface area contributed by atoms with Gasteiger partial charge in [-0.3, -0.25) is 0 Å². The first-order chi connectivity index (χ1) is 14.6. The summed E-state index contributed by atoms with van der Waals surface area (Å²) in [7, 11) is 0. The minimum absolute atomic E-state index is 0.615. The van der Waals surface area contributed by atoms with Crippen LogP contribution in [0.1, 0.15) is 25.8 Å². The van der Waals surface area contributed by atoms with E-state index in [1.54, 1.807) is 6.33 Å². The second-order valence-electron chi connectivity index (χ2n) is 7.62. The number of benzene rings is 2. The van der Waals surface area contributed by atoms with Gasteiger partial charge in [-0.05, 0) is 49.6 Å². The minimum Gasteiger partial charge on any atom is -0.493 e. The van der Waals surface area contributed by atoms with Crippen LogP contribution in [0.2, 0.25) is 0 Å². The number of fused-ring (bicyclic) bond motifs is 1. The zero-order valence-electron chi connectivity index (χ0n) is 17.5. The SMILES string of the molecule is Cc1c(Nc2ncnc3cc[nH]c23)cccc1Oc1cccc(OCCC(C)C)c1. The van der Waals surface area contributed by atoms with Crippen molar-refractivity contribution >= 4 is 22.5 Å². The number of aromatic amines is 1. The van der Waals surface area contributed by atoms with Gasteiger partial charge >= 0.3 is 0 Å². The highest BCUT2D eigenvalue weighted by molar-refractivity contribution is 5.87. The lowest BCUT2D eigenvalue weighted by Gasteiger charge is -2.15. The molecule has 6 nitrogen and oxygen atoms in total. The van der Waals surface area contributed by atoms with Crippen LogP contribution >= 0.6 is 0 Å². The van der Waals surface area contributed by atoms with Gasteiger partial charge in [0.05, 0.1) is 12.1 Å². The molecule has 0 saturated heterocycles. The maximum atomic E-state index is 6.17. The second-order valence-corrected chi connectivity index (χ2v) is 7.62. The van der Waals surface area contributed by atoms with E-state index in [4.69, 9.17) is 9.47 Å². The first-order valence-electron chi connectivity index (χ1n) is 10.2. The first-order valence-corrected chi connectivity index (χ1v) is 10.2. The Balaban J connectivity index is 1.52. The van der Waals surface area contributed by atoms with Crippen LogP contribution in [0.15, 0.2) is 61.1 Å². The Kier molecular flexibility index (Phi) is 5.84. The van der Waals surface area contributed by atoms with E-state index in [0.717, 1.165) is 51.8 Å². The van der Waals surface area contributed by atoms with Crippen molar-refractivity contribution in [1.29, 1.82) is 0 Å². The largest absolute Gasteiger partial charge is 0.493 e. The van der Waals surface area contributed by atoms with E-state index >= 15 is 0 Å². The Labute approximate surface area is 176 Å². The molecule has 4 rings (SSSR count). The quantitative estimate of drug-likeness (QED) is 0.366. The number of hydrogen-bond acceptors (Lipinski definition) is 5. The van der Waals surface area contributed by atoms with E-state index in [1.165, 1.54) is 0 Å². The number of H-pyrrole nitrogens is 1. The van der Waals surface area contributed by atoms with Crippen molar-refractivity contribution in [3.63, 3.8) is 0 Å². The van der Waals surface area contributed by atoms with Crippen molar-refractivity contribution in [2.75, 3.05) is 11.9 Å². The molecule has 0 unspecified atom stereocenters. The summed E-state index contributed by atoms with van der Waals surface area (Å²) < 4.78 is 12.0. The molecule has 0 aliphatic rings. The lowest BCUT2D eigenvalue weighted by Crippen LogP contribution is -2.01. The third kappa shape index (κ3) is 4.54. The van der Waals surface area contributed by atoms with Crippen LogP contribution < -0.4 is 14.8 Å². The molecule has 0 radical (unpaired) electrons. The van der Waals surface area contributed by atoms with Crippen LogP contribution in [0.3, 0.4) is 0 Å². The zero-order valence-corrected chi connectivity index (χ0v) is 17.5. The van der Waals surface area contributed by atoms with Gasteiger partial charge in [-0.15, -0.1) is 0 Å². The van der Waals surface area contributed by atoms with Crippen LogP contribution in [0.4, 0.5) is 11.5 Å². The highest BCUT2D eigenvalue weighted by Gasteiger charge is 2.10. The molecule has 154 valence electrons. The number of nitrogens with one attached hydrogen (secondary N) is 2. The van der Waals surface area contributed by atoms with Crippen molar-refractivity contribution in [1.82, 2.24) is 15.0 Å². The molecule has 0 saturated carbocycles. The smallest absolute Gasteiger partial charge is 0.158 e. The third-order valence-electron chi connectivity index (χ3n) is 4.88. The second kappa shape index (κ2) is 8.86. The lowest BCUT2D eigenvalue weighted by atomic mass is 10.1. The normalized spacial score (nSPS) is 11.1. The van der Waals surface area contributed by atoms with E-state index in [1.807, 2.05) is 61.7 Å². The van der Waals surface area contributed by atoms with Crippen LogP contribution in [-0.4, -0.2) is 21.6 Å². The predicted molar refractivity (Wildman–Crippen MR) is 120 cm³/mol. The molecule has 0 spiro atoms. The first kappa shape index (κ1) is 19.8. The standard InChI is InChI=1S/C24H26N4O2/c1-16(2)11-13-29-18-6-4-7-19(14-18)30-22-9-5-8-20(17(22)3)28-24-23-21(10-12-25-23)26-15-27-24/h4-10,12,14-16,25H,11,13H2,1-3H3,(H,26,27,28). The fraction of sp³-hybridized carbons (Fsp3) is 0.250. The molecular weight excluding hydrogens is 376 g/mol. The van der Waals surface area contributed by atoms with Crippen molar-refractivity contribution in [2.45, 2.75) is 27.2 Å². The molecule has 2 aromatic carbocycles. The Morgan fingerprint density at radius 1 is 1.03 bits per heavy atom. The third-order valence-corrected chi connectivity index (χ3v) is 4.88. The summed E-state index contributed by atoms with van der Waals surface area (Å²) in [4.78, 5) is 11.8. The van der Waals surface area contributed by atoms with Gasteiger partial charge in [0.2, 0.25) is 0 Å². The fourth-order valence-corrected chi connectivity index (χ4v) is 3.12. The summed E-state index contributed by atoms with van der Waals surface area (Å²) in [6, 6.07) is 15.6. The van der Waals surface area contributed by atoms with Gasteiger partial charge in [0.25, 0.3) is 0 Å². The predicted octanol–water partition coefficient (Wildman–Crippen LogP) is 6.23. The van der Waals surface area contributed by atoms with E-state index in [0.29, 0.717) is 12.5 Å². The van der Waals surface area contributed by atoms with Gasteiger partial charge in [-0.25, -0.2) is 9.97 Å². The number of aromatic nitrogens is 3. The van der Waals surface area contributed by atoms with E-state index < -0.39 is 0 Å². The van der Waals surface area contributed by atoms with Gasteiger partial charge < -0.3 is 19.8 Å². The number of nitrogens with zero attached hydrogens (tertiary/aromatic N) is 2. The molecule has 6 heteroatoms. The summed E-state index contributed by atoms with van der Waals surface area (Å²) in [6.07, 6.45) is 4.43. The molecule has 2 N–H and O–H groups in total. The maximum Gasteiger partial charge on any atom is 0.158 e. The van der Waals surface area contributed by atoms with Crippen molar-refractivity contribution in [3.05, 3.63) is 66.6 Å².